The zero-order chi connectivity index (χ0) is 56.0. The molecule has 0 fully saturated rings. The third-order valence-electron chi connectivity index (χ3n) is 12.8. The van der Waals surface area contributed by atoms with Crippen LogP contribution in [0.4, 0.5) is 11.4 Å². The Kier molecular flexibility index (Phi) is 25.5. The highest BCUT2D eigenvalue weighted by molar-refractivity contribution is 7.86. The van der Waals surface area contributed by atoms with E-state index < -0.39 is 73.7 Å². The number of carboxylic acids is 1. The van der Waals surface area contributed by atoms with Crippen LogP contribution >= 0.6 is 0 Å². The van der Waals surface area contributed by atoms with E-state index >= 15 is 0 Å². The lowest BCUT2D eigenvalue weighted by Crippen LogP contribution is -2.32. The molecule has 4 rings (SSSR count). The molecule has 2 aliphatic rings. The minimum Gasteiger partial charge on any atom is -0.744 e. The molecule has 0 spiro atoms. The summed E-state index contributed by atoms with van der Waals surface area (Å²) in [4.78, 5) is 12.2. The average molecular weight is 1150 g/mol. The zero-order valence-electron chi connectivity index (χ0n) is 43.1. The highest BCUT2D eigenvalue weighted by Crippen LogP contribution is 2.51. The Morgan fingerprint density at radius 3 is 1.68 bits per heavy atom. The molecular formula is C50H72N2O20S4. The predicted octanol–water partition coefficient (Wildman–Crippen LogP) is 5.23. The molecule has 0 saturated carbocycles. The Hall–Kier alpha value is -4.26. The lowest BCUT2D eigenvalue weighted by atomic mass is 9.76. The van der Waals surface area contributed by atoms with E-state index in [0.29, 0.717) is 113 Å². The first-order valence-electron chi connectivity index (χ1n) is 24.7. The van der Waals surface area contributed by atoms with Gasteiger partial charge in [-0.15, -0.1) is 0 Å². The minimum absolute atomic E-state index is 0.00642. The van der Waals surface area contributed by atoms with E-state index in [1.165, 1.54) is 30.3 Å². The molecule has 0 saturated heterocycles. The number of carboxylic acid groups (broad SMARTS) is 1. The molecule has 26 heteroatoms. The fourth-order valence-electron chi connectivity index (χ4n) is 9.09. The molecule has 0 amide bonds. The molecule has 0 radical (unpaired) electrons. The van der Waals surface area contributed by atoms with E-state index in [1.54, 1.807) is 69.6 Å². The molecule has 4 N–H and O–H groups in total. The van der Waals surface area contributed by atoms with E-state index in [0.717, 1.165) is 0 Å². The Morgan fingerprint density at radius 1 is 0.632 bits per heavy atom. The lowest BCUT2D eigenvalue weighted by molar-refractivity contribution is -0.438. The normalized spacial score (nSPS) is 18.8. The van der Waals surface area contributed by atoms with Gasteiger partial charge in [-0.3, -0.25) is 18.5 Å². The number of rotatable bonds is 38. The smallest absolute Gasteiger partial charge is 0.303 e. The van der Waals surface area contributed by atoms with Crippen molar-refractivity contribution in [2.75, 3.05) is 109 Å². The number of hydrogen-bond acceptors (Lipinski definition) is 17. The van der Waals surface area contributed by atoms with Crippen LogP contribution in [0.25, 0.3) is 0 Å². The fraction of sp³-hybridized carbons (Fsp3) is 0.560. The van der Waals surface area contributed by atoms with Crippen LogP contribution in [0.15, 0.2) is 94.4 Å². The van der Waals surface area contributed by atoms with Crippen LogP contribution in [-0.4, -0.2) is 178 Å². The number of fused-ring (bicyclic) bond motifs is 2. The van der Waals surface area contributed by atoms with E-state index in [-0.39, 0.29) is 63.4 Å². The molecular weight excluding hydrogens is 1080 g/mol. The van der Waals surface area contributed by atoms with Gasteiger partial charge in [0.05, 0.1) is 99.4 Å². The molecule has 2 aromatic carbocycles. The summed E-state index contributed by atoms with van der Waals surface area (Å²) in [5.74, 6) is -2.06. The van der Waals surface area contributed by atoms with Crippen molar-refractivity contribution in [3.8, 4) is 0 Å². The first-order valence-corrected chi connectivity index (χ1v) is 30.8. The number of allylic oxidation sites excluding steroid dienone is 8. The van der Waals surface area contributed by atoms with Crippen LogP contribution < -0.4 is 4.90 Å². The summed E-state index contributed by atoms with van der Waals surface area (Å²) in [5.41, 5.74) is 1.27. The molecule has 76 heavy (non-hydrogen) atoms. The second kappa shape index (κ2) is 30.2. The number of carbonyl (C=O) groups is 1. The summed E-state index contributed by atoms with van der Waals surface area (Å²) in [7, 11) is -16.7. The predicted molar refractivity (Wildman–Crippen MR) is 281 cm³/mol. The van der Waals surface area contributed by atoms with Gasteiger partial charge in [0.2, 0.25) is 5.69 Å². The molecule has 0 aliphatic carbocycles. The van der Waals surface area contributed by atoms with Gasteiger partial charge >= 0.3 is 5.97 Å². The summed E-state index contributed by atoms with van der Waals surface area (Å²) >= 11 is 0. The van der Waals surface area contributed by atoms with Crippen molar-refractivity contribution in [1.29, 1.82) is 0 Å². The molecule has 0 aromatic heterocycles. The lowest BCUT2D eigenvalue weighted by Gasteiger charge is -2.30. The van der Waals surface area contributed by atoms with Crippen LogP contribution in [0, 0.1) is 0 Å². The third kappa shape index (κ3) is 20.5. The largest absolute Gasteiger partial charge is 0.744 e. The van der Waals surface area contributed by atoms with Gasteiger partial charge in [-0.25, -0.2) is 8.42 Å². The van der Waals surface area contributed by atoms with Crippen LogP contribution in [0.1, 0.15) is 76.3 Å². The van der Waals surface area contributed by atoms with Crippen molar-refractivity contribution in [3.63, 3.8) is 0 Å². The Morgan fingerprint density at radius 2 is 1.14 bits per heavy atom. The van der Waals surface area contributed by atoms with Crippen LogP contribution in [0.2, 0.25) is 0 Å². The van der Waals surface area contributed by atoms with Crippen molar-refractivity contribution in [1.82, 2.24) is 0 Å². The number of nitrogens with zero attached hydrogens (tertiary/aromatic N) is 2. The zero-order valence-corrected chi connectivity index (χ0v) is 46.4. The van der Waals surface area contributed by atoms with Crippen molar-refractivity contribution in [2.24, 2.45) is 0 Å². The monoisotopic (exact) mass is 1150 g/mol. The van der Waals surface area contributed by atoms with Gasteiger partial charge in [-0.2, -0.15) is 29.8 Å². The average Bonchev–Trinajstić information content (AvgIpc) is 3.69. The van der Waals surface area contributed by atoms with Gasteiger partial charge in [-0.05, 0) is 94.3 Å². The molecule has 426 valence electrons. The molecule has 2 aliphatic heterocycles. The summed E-state index contributed by atoms with van der Waals surface area (Å²) in [6, 6.07) is 8.16. The first-order chi connectivity index (χ1) is 35.8. The summed E-state index contributed by atoms with van der Waals surface area (Å²) in [6.07, 6.45) is 13.8. The molecule has 22 nitrogen and oxygen atoms in total. The Balaban J connectivity index is 1.57. The molecule has 2 aromatic rings. The van der Waals surface area contributed by atoms with Crippen molar-refractivity contribution in [3.05, 3.63) is 95.8 Å². The minimum atomic E-state index is -4.90. The van der Waals surface area contributed by atoms with Gasteiger partial charge in [0, 0.05) is 61.0 Å². The number of benzene rings is 2. The standard InChI is InChI=1S/C50H72N2O20S4/c1-49(21-12-36-73(55,56)57)42-38-40(75(61,62)63)17-19-44(42)51(23-11-7-10-16-48(53)54)46(49)14-8-5-4-6-9-15-47-50(2,22-13-37-74(58,59)60)43-39-41(76(64,65)66)18-20-45(43)52(47)24-25-68-28-29-70-32-33-72-35-34-71-31-30-69-27-26-67-3/h4-6,8-9,14-15,17-20,38-39H,7,10-13,16,21-37H2,1-3H3,(H4-,53,54,55,56,57,58,59,60,61,62,63,64,65,66). The maximum Gasteiger partial charge on any atom is 0.303 e. The van der Waals surface area contributed by atoms with Crippen molar-refractivity contribution < 1.29 is 94.8 Å². The second-order valence-corrected chi connectivity index (χ2v) is 24.3. The third-order valence-corrected chi connectivity index (χ3v) is 16.1. The second-order valence-electron chi connectivity index (χ2n) is 18.4. The summed E-state index contributed by atoms with van der Waals surface area (Å²) in [6.45, 7) is 8.25. The van der Waals surface area contributed by atoms with E-state index in [2.05, 4.69) is 0 Å². The highest BCUT2D eigenvalue weighted by Gasteiger charge is 2.48. The highest BCUT2D eigenvalue weighted by atomic mass is 32.2. The number of anilines is 1. The van der Waals surface area contributed by atoms with E-state index in [4.69, 9.17) is 33.5 Å². The number of hydrogen-bond donors (Lipinski definition) is 4. The number of unbranched alkanes of at least 4 members (excludes halogenated alkanes) is 2. The Bertz CT molecular complexity index is 2870. The van der Waals surface area contributed by atoms with Crippen LogP contribution in [0.3, 0.4) is 0 Å². The molecule has 2 atom stereocenters. The van der Waals surface area contributed by atoms with Crippen molar-refractivity contribution in [2.45, 2.75) is 85.8 Å². The quantitative estimate of drug-likeness (QED) is 0.0289. The number of ether oxygens (including phenoxy) is 6. The van der Waals surface area contributed by atoms with Crippen molar-refractivity contribution >= 4 is 63.5 Å². The van der Waals surface area contributed by atoms with Gasteiger partial charge in [0.25, 0.3) is 30.4 Å². The number of methoxy groups -OCH3 is 1. The SMILES string of the molecule is COCCOCCOCCOCCOCCOCCN1/C(=C/C=C/C=C/C=C/C2=[N+](CCCCCC(=O)O)c3ccc(S(=O)(=O)O)cc3C2(C)CCCS(=O)(=O)O)C(C)(CCCS(=O)(=O)O)c2cc(S(=O)(=O)[O-])ccc21. The fourth-order valence-corrected chi connectivity index (χ4v) is 11.1. The Labute approximate surface area is 447 Å². The van der Waals surface area contributed by atoms with Crippen LogP contribution in [0.5, 0.6) is 0 Å². The van der Waals surface area contributed by atoms with Gasteiger partial charge in [0.1, 0.15) is 16.7 Å². The van der Waals surface area contributed by atoms with Gasteiger partial charge in [0.15, 0.2) is 5.71 Å². The molecule has 0 bridgehead atoms. The summed E-state index contributed by atoms with van der Waals surface area (Å²) in [5, 5.41) is 9.16. The van der Waals surface area contributed by atoms with Crippen LogP contribution in [-0.2, 0) is 84.5 Å². The van der Waals surface area contributed by atoms with Gasteiger partial charge < -0.3 is 43.0 Å². The molecule has 2 unspecified atom stereocenters. The summed E-state index contributed by atoms with van der Waals surface area (Å²) < 4.78 is 172. The van der Waals surface area contributed by atoms with E-state index in [1.807, 2.05) is 9.48 Å². The first kappa shape index (κ1) is 64.3. The molecule has 2 heterocycles. The van der Waals surface area contributed by atoms with E-state index in [9.17, 15) is 56.7 Å². The van der Waals surface area contributed by atoms with Gasteiger partial charge in [-0.1, -0.05) is 30.4 Å². The maximum absolute atomic E-state index is 12.3. The topological polar surface area (TPSA) is 319 Å². The number of aliphatic carboxylic acids is 1. The maximum atomic E-state index is 12.3.